The number of ether oxygens (including phenoxy) is 4. The molecule has 0 amide bonds. The van der Waals surface area contributed by atoms with E-state index in [1.165, 1.54) is 25.3 Å². The Kier molecular flexibility index (Phi) is 6.79. The summed E-state index contributed by atoms with van der Waals surface area (Å²) in [6.07, 6.45) is -7.82. The molecule has 2 aromatic carbocycles. The molecule has 32 heavy (non-hydrogen) atoms. The molecule has 0 bridgehead atoms. The molecule has 0 aliphatic carbocycles. The molecule has 1 saturated heterocycles. The first-order valence-corrected chi connectivity index (χ1v) is 9.27. The topological polar surface area (TPSA) is 196 Å². The Balaban J connectivity index is 1.69. The summed E-state index contributed by atoms with van der Waals surface area (Å²) in [5.74, 6) is -3.30. The van der Waals surface area contributed by atoms with Gasteiger partial charge in [0.25, 0.3) is 0 Å². The number of aliphatic hydroxyl groups is 3. The van der Waals surface area contributed by atoms with Crippen molar-refractivity contribution in [2.75, 3.05) is 13.7 Å². The van der Waals surface area contributed by atoms with Gasteiger partial charge in [0.05, 0.1) is 12.7 Å². The molecule has 7 N–H and O–H groups in total. The SMILES string of the molecule is COc1cc(O[C@@H]2O[C@H](COC(=O)c3cc(O)c(O)c(O)c3)[C@@H](O)[C@H](O)[C@H]2O)ccc1O. The van der Waals surface area contributed by atoms with Gasteiger partial charge in [-0.3, -0.25) is 0 Å². The quantitative estimate of drug-likeness (QED) is 0.220. The summed E-state index contributed by atoms with van der Waals surface area (Å²) in [5, 5.41) is 68.5. The Morgan fingerprint density at radius 3 is 2.22 bits per heavy atom. The van der Waals surface area contributed by atoms with Crippen LogP contribution in [-0.2, 0) is 9.47 Å². The van der Waals surface area contributed by atoms with E-state index in [9.17, 15) is 40.5 Å². The summed E-state index contributed by atoms with van der Waals surface area (Å²) >= 11 is 0. The lowest BCUT2D eigenvalue weighted by Gasteiger charge is -2.39. The normalized spacial score (nSPS) is 25.2. The third kappa shape index (κ3) is 4.73. The highest BCUT2D eigenvalue weighted by Gasteiger charge is 2.45. The van der Waals surface area contributed by atoms with Crippen molar-refractivity contribution in [1.29, 1.82) is 0 Å². The number of carbonyl (C=O) groups excluding carboxylic acids is 1. The van der Waals surface area contributed by atoms with Crippen LogP contribution in [-0.4, -0.2) is 86.1 Å². The maximum atomic E-state index is 12.2. The minimum atomic E-state index is -1.71. The molecule has 174 valence electrons. The minimum Gasteiger partial charge on any atom is -0.504 e. The van der Waals surface area contributed by atoms with Gasteiger partial charge in [-0.25, -0.2) is 4.79 Å². The summed E-state index contributed by atoms with van der Waals surface area (Å²) in [7, 11) is 1.32. The van der Waals surface area contributed by atoms with Crippen LogP contribution in [0.25, 0.3) is 0 Å². The van der Waals surface area contributed by atoms with Crippen molar-refractivity contribution in [1.82, 2.24) is 0 Å². The number of phenols is 4. The van der Waals surface area contributed by atoms with Crippen molar-refractivity contribution < 1.29 is 59.5 Å². The average molecular weight is 454 g/mol. The number of phenolic OH excluding ortho intramolecular Hbond substituents is 4. The molecule has 1 aliphatic heterocycles. The number of methoxy groups -OCH3 is 1. The summed E-state index contributed by atoms with van der Waals surface area (Å²) < 4.78 is 20.9. The van der Waals surface area contributed by atoms with Crippen LogP contribution in [0, 0.1) is 0 Å². The molecule has 0 saturated carbocycles. The van der Waals surface area contributed by atoms with E-state index in [1.807, 2.05) is 0 Å². The first-order chi connectivity index (χ1) is 15.1. The van der Waals surface area contributed by atoms with Crippen molar-refractivity contribution in [2.24, 2.45) is 0 Å². The molecule has 2 aromatic rings. The third-order valence-electron chi connectivity index (χ3n) is 4.76. The molecule has 1 aliphatic rings. The fourth-order valence-corrected chi connectivity index (χ4v) is 2.98. The van der Waals surface area contributed by atoms with Gasteiger partial charge in [-0.1, -0.05) is 0 Å². The fraction of sp³-hybridized carbons (Fsp3) is 0.350. The van der Waals surface area contributed by atoms with E-state index >= 15 is 0 Å². The summed E-state index contributed by atoms with van der Waals surface area (Å²) in [4.78, 5) is 12.2. The number of hydrogen-bond acceptors (Lipinski definition) is 12. The third-order valence-corrected chi connectivity index (χ3v) is 4.76. The predicted octanol–water partition coefficient (Wildman–Crippen LogP) is -0.439. The molecule has 1 fully saturated rings. The first-order valence-electron chi connectivity index (χ1n) is 9.27. The summed E-state index contributed by atoms with van der Waals surface area (Å²) in [5.41, 5.74) is -0.298. The van der Waals surface area contributed by atoms with E-state index in [-0.39, 0.29) is 22.8 Å². The van der Waals surface area contributed by atoms with Gasteiger partial charge < -0.3 is 54.7 Å². The monoisotopic (exact) mass is 454 g/mol. The van der Waals surface area contributed by atoms with Crippen LogP contribution < -0.4 is 9.47 Å². The molecule has 5 atom stereocenters. The highest BCUT2D eigenvalue weighted by molar-refractivity contribution is 5.91. The summed E-state index contributed by atoms with van der Waals surface area (Å²) in [6, 6.07) is 5.65. The van der Waals surface area contributed by atoms with E-state index in [0.717, 1.165) is 12.1 Å². The molecule has 12 heteroatoms. The highest BCUT2D eigenvalue weighted by atomic mass is 16.7. The van der Waals surface area contributed by atoms with Crippen LogP contribution in [0.2, 0.25) is 0 Å². The summed E-state index contributed by atoms with van der Waals surface area (Å²) in [6.45, 7) is -0.592. The zero-order valence-electron chi connectivity index (χ0n) is 16.7. The predicted molar refractivity (Wildman–Crippen MR) is 104 cm³/mol. The lowest BCUT2D eigenvalue weighted by molar-refractivity contribution is -0.277. The smallest absolute Gasteiger partial charge is 0.338 e. The number of esters is 1. The van der Waals surface area contributed by atoms with E-state index in [0.29, 0.717) is 0 Å². The van der Waals surface area contributed by atoms with Crippen LogP contribution in [0.1, 0.15) is 10.4 Å². The maximum absolute atomic E-state index is 12.2. The standard InChI is InChI=1S/C20H22O12/c1-29-13-6-9(2-3-10(13)21)31-20-18(27)17(26)16(25)14(32-20)7-30-19(28)8-4-11(22)15(24)12(23)5-8/h2-6,14,16-18,20-27H,7H2,1H3/t14-,16-,17+,18-,20-/m1/s1. The zero-order chi connectivity index (χ0) is 23.6. The molecule has 1 heterocycles. The largest absolute Gasteiger partial charge is 0.504 e. The van der Waals surface area contributed by atoms with Crippen LogP contribution in [0.4, 0.5) is 0 Å². The second-order valence-electron chi connectivity index (χ2n) is 6.93. The number of carbonyl (C=O) groups is 1. The van der Waals surface area contributed by atoms with Gasteiger partial charge in [0, 0.05) is 6.07 Å². The lowest BCUT2D eigenvalue weighted by atomic mass is 9.99. The van der Waals surface area contributed by atoms with Crippen molar-refractivity contribution >= 4 is 5.97 Å². The Hall–Kier alpha value is -3.45. The molecule has 0 unspecified atom stereocenters. The molecular weight excluding hydrogens is 432 g/mol. The van der Waals surface area contributed by atoms with Crippen molar-refractivity contribution in [3.8, 4) is 34.5 Å². The molecular formula is C20H22O12. The van der Waals surface area contributed by atoms with Gasteiger partial charge >= 0.3 is 5.97 Å². The van der Waals surface area contributed by atoms with Crippen LogP contribution in [0.5, 0.6) is 34.5 Å². The highest BCUT2D eigenvalue weighted by Crippen LogP contribution is 2.36. The number of hydrogen-bond donors (Lipinski definition) is 7. The maximum Gasteiger partial charge on any atom is 0.338 e. The lowest BCUT2D eigenvalue weighted by Crippen LogP contribution is -2.60. The Bertz CT molecular complexity index is 954. The van der Waals surface area contributed by atoms with Gasteiger partial charge in [0.2, 0.25) is 6.29 Å². The number of aliphatic hydroxyl groups excluding tert-OH is 3. The van der Waals surface area contributed by atoms with Gasteiger partial charge in [-0.15, -0.1) is 0 Å². The van der Waals surface area contributed by atoms with Gasteiger partial charge in [0.15, 0.2) is 28.7 Å². The number of benzene rings is 2. The van der Waals surface area contributed by atoms with E-state index in [4.69, 9.17) is 18.9 Å². The Labute approximate surface area is 181 Å². The minimum absolute atomic E-state index is 0.0827. The molecule has 12 nitrogen and oxygen atoms in total. The van der Waals surface area contributed by atoms with E-state index in [2.05, 4.69) is 0 Å². The van der Waals surface area contributed by atoms with Crippen LogP contribution in [0.15, 0.2) is 30.3 Å². The second-order valence-corrected chi connectivity index (χ2v) is 6.93. The first kappa shape index (κ1) is 23.2. The molecule has 3 rings (SSSR count). The molecule has 0 radical (unpaired) electrons. The van der Waals surface area contributed by atoms with E-state index in [1.54, 1.807) is 0 Å². The zero-order valence-corrected chi connectivity index (χ0v) is 16.7. The van der Waals surface area contributed by atoms with E-state index < -0.39 is 60.5 Å². The fourth-order valence-electron chi connectivity index (χ4n) is 2.98. The van der Waals surface area contributed by atoms with Crippen molar-refractivity contribution in [2.45, 2.75) is 30.7 Å². The van der Waals surface area contributed by atoms with Crippen molar-refractivity contribution in [3.05, 3.63) is 35.9 Å². The number of aromatic hydroxyl groups is 4. The van der Waals surface area contributed by atoms with Crippen LogP contribution in [0.3, 0.4) is 0 Å². The molecule has 0 spiro atoms. The second kappa shape index (κ2) is 9.36. The number of rotatable bonds is 6. The molecule has 0 aromatic heterocycles. The van der Waals surface area contributed by atoms with Gasteiger partial charge in [0.1, 0.15) is 36.8 Å². The van der Waals surface area contributed by atoms with Crippen LogP contribution >= 0.6 is 0 Å². The van der Waals surface area contributed by atoms with Crippen molar-refractivity contribution in [3.63, 3.8) is 0 Å². The van der Waals surface area contributed by atoms with Gasteiger partial charge in [-0.05, 0) is 24.3 Å². The average Bonchev–Trinajstić information content (AvgIpc) is 2.77. The van der Waals surface area contributed by atoms with Gasteiger partial charge in [-0.2, -0.15) is 0 Å². The Morgan fingerprint density at radius 2 is 1.59 bits per heavy atom. The Morgan fingerprint density at radius 1 is 0.938 bits per heavy atom.